The summed E-state index contributed by atoms with van der Waals surface area (Å²) in [4.78, 5) is 176. The van der Waals surface area contributed by atoms with Gasteiger partial charge in [0.2, 0.25) is 53.0 Å². The fourth-order valence-corrected chi connectivity index (χ4v) is 14.9. The van der Waals surface area contributed by atoms with Gasteiger partial charge in [0.05, 0.1) is 25.2 Å². The van der Waals surface area contributed by atoms with E-state index in [0.29, 0.717) is 70.9 Å². The Morgan fingerprint density at radius 1 is 0.450 bits per heavy atom. The van der Waals surface area contributed by atoms with Crippen LogP contribution in [0.25, 0.3) is 0 Å². The van der Waals surface area contributed by atoms with Crippen molar-refractivity contribution in [3.63, 3.8) is 0 Å². The zero-order valence-electron chi connectivity index (χ0n) is 69.8. The third kappa shape index (κ3) is 29.3. The Hall–Kier alpha value is -11.8. The van der Waals surface area contributed by atoms with Gasteiger partial charge in [-0.15, -0.1) is 0 Å². The van der Waals surface area contributed by atoms with E-state index in [0.717, 1.165) is 75.3 Å². The molecule has 4 heterocycles. The quantitative estimate of drug-likeness (QED) is 0.0199. The van der Waals surface area contributed by atoms with Crippen molar-refractivity contribution in [2.75, 3.05) is 13.1 Å². The van der Waals surface area contributed by atoms with Gasteiger partial charge in [-0.1, -0.05) is 174 Å². The van der Waals surface area contributed by atoms with Gasteiger partial charge in [-0.05, 0) is 187 Å². The maximum atomic E-state index is 14.3. The van der Waals surface area contributed by atoms with Crippen molar-refractivity contribution in [2.45, 2.75) is 249 Å². The molecule has 6 aromatic rings. The van der Waals surface area contributed by atoms with Crippen LogP contribution in [0.2, 0.25) is 0 Å². The summed E-state index contributed by atoms with van der Waals surface area (Å²) in [5.74, 6) is -6.85. The van der Waals surface area contributed by atoms with Gasteiger partial charge in [0.25, 0.3) is 11.8 Å². The smallest absolute Gasteiger partial charge is 0.333 e. The molecule has 0 saturated heterocycles. The van der Waals surface area contributed by atoms with E-state index in [9.17, 15) is 67.4 Å². The van der Waals surface area contributed by atoms with E-state index < -0.39 is 144 Å². The number of rotatable bonds is 24. The number of ether oxygens (including phenoxy) is 4. The normalized spacial score (nSPS) is 18.9. The molecule has 0 radical (unpaired) electrons. The van der Waals surface area contributed by atoms with Crippen LogP contribution in [-0.4, -0.2) is 149 Å². The van der Waals surface area contributed by atoms with Crippen LogP contribution in [0, 0.1) is 11.8 Å². The minimum absolute atomic E-state index is 0.00131. The number of esters is 2. The molecule has 28 heteroatoms. The lowest BCUT2D eigenvalue weighted by atomic mass is 9.83. The largest absolute Gasteiger partial charge is 0.458 e. The Bertz CT molecular complexity index is 4500. The molecule has 0 spiro atoms. The molecule has 11 N–H and O–H groups in total. The first-order chi connectivity index (χ1) is 57.4. The van der Waals surface area contributed by atoms with Crippen LogP contribution in [-0.2, 0) is 97.5 Å². The Kier molecular flexibility index (Phi) is 34.4. The maximum Gasteiger partial charge on any atom is 0.333 e. The van der Waals surface area contributed by atoms with E-state index in [1.165, 1.54) is 0 Å². The van der Waals surface area contributed by atoms with Crippen molar-refractivity contribution in [3.8, 4) is 23.0 Å². The Balaban J connectivity index is 0.000000273. The molecule has 8 bridgehead atoms. The number of hydrogen-bond donors (Lipinski definition) is 11. The second-order valence-electron chi connectivity index (χ2n) is 33.1. The number of benzene rings is 6. The van der Waals surface area contributed by atoms with Crippen molar-refractivity contribution in [3.05, 3.63) is 191 Å². The van der Waals surface area contributed by atoms with Crippen LogP contribution in [0.4, 0.5) is 0 Å². The lowest BCUT2D eigenvalue weighted by molar-refractivity contribution is -0.159. The molecule has 2 saturated carbocycles. The summed E-state index contributed by atoms with van der Waals surface area (Å²) in [6, 6.07) is 37.3. The van der Waals surface area contributed by atoms with Crippen LogP contribution in [0.3, 0.4) is 0 Å². The standard InChI is InChI=1S/C46H59N5O9.C46H57N5O9/c2*1-5-13-35(41(54)44(57)47-28-38(53)51-40(32-17-10-7-11-18-32)45(58)60-46(2,3)4)48-42(55)36-27-30-14-12-19-34(26-30)59-33-23-20-29(21-24-33)22-25-37(52)50-39(43(56)49-36)31-15-8-6-9-16-31/h7,10-12,14,17-21,23-24,26,31,35-36,39-41,54H,5-6,8-9,13,15-16,22,25,27-28H2,1-4H3,(H,47,57)(H,48,55)(H,49,56)(H,50,52)(H,51,53);7,10-12,14,17-21,23-24,26,31,35-36,39-40H,5-6,8-9,13,15-16,22,25,27-28H2,1-4H3,(H,47,57)(H,48,55)(H,49,56)(H,50,52)(H,51,53). The zero-order valence-corrected chi connectivity index (χ0v) is 69.8. The number of aliphatic hydroxyl groups excluding tert-OH is 1. The van der Waals surface area contributed by atoms with E-state index in [1.807, 2.05) is 55.5 Å². The topological polar surface area (TPSA) is 399 Å². The number of Topliss-reactive ketones (excluding diaryl/α,β-unsaturated/α-hetero) is 1. The number of amides is 10. The van der Waals surface area contributed by atoms with Crippen LogP contribution in [0.1, 0.15) is 204 Å². The van der Waals surface area contributed by atoms with Gasteiger partial charge in [0, 0.05) is 25.7 Å². The lowest BCUT2D eigenvalue weighted by Crippen LogP contribution is -2.59. The molecule has 120 heavy (non-hydrogen) atoms. The zero-order chi connectivity index (χ0) is 86.5. The molecule has 2 aliphatic carbocycles. The van der Waals surface area contributed by atoms with Gasteiger partial charge in [-0.25, -0.2) is 9.59 Å². The van der Waals surface area contributed by atoms with E-state index >= 15 is 0 Å². The van der Waals surface area contributed by atoms with Gasteiger partial charge in [-0.3, -0.25) is 52.7 Å². The van der Waals surface area contributed by atoms with E-state index in [4.69, 9.17) is 18.9 Å². The van der Waals surface area contributed by atoms with Crippen molar-refractivity contribution >= 4 is 76.8 Å². The molecule has 6 aliphatic rings. The maximum absolute atomic E-state index is 14.3. The number of carbonyl (C=O) groups excluding carboxylic acids is 13. The van der Waals surface area contributed by atoms with E-state index in [1.54, 1.807) is 158 Å². The molecule has 9 unspecified atom stereocenters. The van der Waals surface area contributed by atoms with Gasteiger partial charge in [0.1, 0.15) is 58.4 Å². The highest BCUT2D eigenvalue weighted by Crippen LogP contribution is 2.32. The van der Waals surface area contributed by atoms with Crippen molar-refractivity contribution in [2.24, 2.45) is 11.8 Å². The molecule has 12 rings (SSSR count). The van der Waals surface area contributed by atoms with Crippen LogP contribution in [0.15, 0.2) is 158 Å². The highest BCUT2D eigenvalue weighted by Gasteiger charge is 2.40. The second kappa shape index (κ2) is 44.8. The summed E-state index contributed by atoms with van der Waals surface area (Å²) in [5, 5.41) is 38.4. The molecule has 6 aromatic carbocycles. The second-order valence-corrected chi connectivity index (χ2v) is 33.1. The van der Waals surface area contributed by atoms with Crippen molar-refractivity contribution < 1.29 is 86.4 Å². The number of carbonyl (C=O) groups is 13. The fourth-order valence-electron chi connectivity index (χ4n) is 14.9. The summed E-state index contributed by atoms with van der Waals surface area (Å²) in [5.41, 5.74) is 2.49. The number of nitrogens with one attached hydrogen (secondary N) is 10. The molecular weight excluding hydrogens is 1530 g/mol. The summed E-state index contributed by atoms with van der Waals surface area (Å²) >= 11 is 0. The van der Waals surface area contributed by atoms with Crippen LogP contribution in [0.5, 0.6) is 23.0 Å². The highest BCUT2D eigenvalue weighted by atomic mass is 16.6. The number of fused-ring (bicyclic) bond motifs is 20. The van der Waals surface area contributed by atoms with Gasteiger partial charge in [-0.2, -0.15) is 0 Å². The third-order valence-corrected chi connectivity index (χ3v) is 21.0. The Morgan fingerprint density at radius 2 is 0.858 bits per heavy atom. The summed E-state index contributed by atoms with van der Waals surface area (Å²) < 4.78 is 23.2. The number of aryl methyl sites for hydroxylation is 2. The molecule has 2 fully saturated rings. The first kappa shape index (κ1) is 92.1. The number of hydrogen-bond acceptors (Lipinski definition) is 18. The monoisotopic (exact) mass is 1650 g/mol. The van der Waals surface area contributed by atoms with Crippen molar-refractivity contribution in [1.29, 1.82) is 0 Å². The molecule has 0 aromatic heterocycles. The summed E-state index contributed by atoms with van der Waals surface area (Å²) in [6.45, 7) is 12.6. The van der Waals surface area contributed by atoms with Crippen molar-refractivity contribution in [1.82, 2.24) is 53.2 Å². The first-order valence-corrected chi connectivity index (χ1v) is 41.8. The third-order valence-electron chi connectivity index (χ3n) is 21.0. The van der Waals surface area contributed by atoms with Crippen LogP contribution < -0.4 is 62.6 Å². The molecule has 28 nitrogen and oxygen atoms in total. The van der Waals surface area contributed by atoms with Gasteiger partial charge < -0.3 is 77.2 Å². The SMILES string of the molecule is CCCC(NC(=O)C1Cc2cccc(c2)Oc2ccc(cc2)CCC(=O)NC(C2CCCCC2)C(=O)N1)C(=O)C(=O)NCC(=O)NC(C(=O)OC(C)(C)C)c1ccccc1.CCCC(NC(=O)C1Cc2cccc(c2)Oc2ccc(cc2)CCC(=O)NC(C2CCCCC2)C(=O)N1)C(O)C(=O)NCC(=O)NC(C(=O)OC(C)(C)C)c1ccccc1. The predicted octanol–water partition coefficient (Wildman–Crippen LogP) is 9.17. The molecular formula is C92H116N10O18. The van der Waals surface area contributed by atoms with E-state index in [-0.39, 0.29) is 62.2 Å². The Labute approximate surface area is 701 Å². The van der Waals surface area contributed by atoms with Gasteiger partial charge in [0.15, 0.2) is 18.2 Å². The average molecular weight is 1650 g/mol. The number of aliphatic hydroxyl groups is 1. The summed E-state index contributed by atoms with van der Waals surface area (Å²) in [7, 11) is 0. The molecule has 4 aliphatic heterocycles. The minimum atomic E-state index is -1.78. The highest BCUT2D eigenvalue weighted by molar-refractivity contribution is 6.38. The predicted molar refractivity (Wildman–Crippen MR) is 448 cm³/mol. The molecule has 9 atom stereocenters. The van der Waals surface area contributed by atoms with Gasteiger partial charge >= 0.3 is 11.9 Å². The first-order valence-electron chi connectivity index (χ1n) is 41.8. The van der Waals surface area contributed by atoms with E-state index in [2.05, 4.69) is 53.2 Å². The minimum Gasteiger partial charge on any atom is -0.458 e. The molecule has 10 amide bonds. The lowest BCUT2D eigenvalue weighted by Gasteiger charge is -2.32. The summed E-state index contributed by atoms with van der Waals surface area (Å²) in [6.07, 6.45) is 9.36. The number of ketones is 1. The van der Waals surface area contributed by atoms with Crippen LogP contribution >= 0.6 is 0 Å². The average Bonchev–Trinajstić information content (AvgIpc) is 1.89. The Morgan fingerprint density at radius 3 is 1.27 bits per heavy atom. The molecule has 642 valence electrons. The fraction of sp³-hybridized carbons (Fsp3) is 0.467.